The van der Waals surface area contributed by atoms with Crippen molar-refractivity contribution in [1.29, 1.82) is 0 Å². The van der Waals surface area contributed by atoms with Crippen LogP contribution in [-0.4, -0.2) is 29.2 Å². The highest BCUT2D eigenvalue weighted by Gasteiger charge is 2.33. The molecule has 0 aromatic heterocycles. The summed E-state index contributed by atoms with van der Waals surface area (Å²) in [6, 6.07) is 4.28. The zero-order valence-corrected chi connectivity index (χ0v) is 14.5. The highest BCUT2D eigenvalue weighted by atomic mass is 19.4. The molecular weight excluding hydrogens is 349 g/mol. The first-order valence-electron chi connectivity index (χ1n) is 8.61. The van der Waals surface area contributed by atoms with E-state index in [1.807, 2.05) is 0 Å². The first kappa shape index (κ1) is 20.1. The molecule has 1 saturated carbocycles. The fourth-order valence-corrected chi connectivity index (χ4v) is 3.29. The van der Waals surface area contributed by atoms with Gasteiger partial charge in [-0.2, -0.15) is 13.2 Å². The minimum absolute atomic E-state index is 0.0643. The van der Waals surface area contributed by atoms with Crippen molar-refractivity contribution in [3.8, 4) is 0 Å². The zero-order chi connectivity index (χ0) is 19.3. The monoisotopic (exact) mass is 372 g/mol. The molecule has 0 saturated heterocycles. The van der Waals surface area contributed by atoms with Crippen LogP contribution in [0, 0.1) is 5.92 Å². The molecule has 0 heterocycles. The molecule has 1 unspecified atom stereocenters. The van der Waals surface area contributed by atoms with Crippen LogP contribution in [0.25, 0.3) is 0 Å². The minimum Gasteiger partial charge on any atom is -0.481 e. The van der Waals surface area contributed by atoms with Gasteiger partial charge in [-0.15, -0.1) is 0 Å². The number of urea groups is 1. The number of halogens is 3. The maximum atomic E-state index is 13.0. The van der Waals surface area contributed by atoms with Crippen molar-refractivity contribution in [3.05, 3.63) is 35.4 Å². The smallest absolute Gasteiger partial charge is 0.416 e. The van der Waals surface area contributed by atoms with Gasteiger partial charge in [-0.25, -0.2) is 4.79 Å². The molecule has 26 heavy (non-hydrogen) atoms. The molecule has 1 fully saturated rings. The molecule has 0 bridgehead atoms. The molecule has 0 spiro atoms. The number of aliphatic carboxylic acids is 1. The first-order valence-corrected chi connectivity index (χ1v) is 8.61. The summed E-state index contributed by atoms with van der Waals surface area (Å²) in [6.45, 7) is 1.65. The van der Waals surface area contributed by atoms with E-state index in [1.165, 1.54) is 18.2 Å². The van der Waals surface area contributed by atoms with Gasteiger partial charge in [0.2, 0.25) is 0 Å². The minimum atomic E-state index is -4.43. The lowest BCUT2D eigenvalue weighted by molar-refractivity contribution is -0.143. The van der Waals surface area contributed by atoms with E-state index in [1.54, 1.807) is 6.92 Å². The van der Waals surface area contributed by atoms with Gasteiger partial charge in [0.25, 0.3) is 0 Å². The molecule has 2 amide bonds. The van der Waals surface area contributed by atoms with E-state index in [-0.39, 0.29) is 23.9 Å². The number of rotatable bonds is 5. The van der Waals surface area contributed by atoms with Crippen LogP contribution >= 0.6 is 0 Å². The van der Waals surface area contributed by atoms with Crippen LogP contribution in [0.3, 0.4) is 0 Å². The summed E-state index contributed by atoms with van der Waals surface area (Å²) in [7, 11) is 0. The Bertz CT molecular complexity index is 641. The van der Waals surface area contributed by atoms with Gasteiger partial charge in [0.15, 0.2) is 0 Å². The fourth-order valence-electron chi connectivity index (χ4n) is 3.29. The van der Waals surface area contributed by atoms with Crippen molar-refractivity contribution in [3.63, 3.8) is 0 Å². The van der Waals surface area contributed by atoms with Crippen molar-refractivity contribution in [2.24, 2.45) is 5.92 Å². The second-order valence-electron chi connectivity index (χ2n) is 6.76. The fraction of sp³-hybridized carbons (Fsp3) is 0.556. The van der Waals surface area contributed by atoms with Gasteiger partial charge in [-0.1, -0.05) is 18.2 Å². The van der Waals surface area contributed by atoms with Crippen molar-refractivity contribution in [2.75, 3.05) is 0 Å². The van der Waals surface area contributed by atoms with Crippen LogP contribution < -0.4 is 10.6 Å². The SMILES string of the molecule is CC(Cc1ccccc1C(F)(F)F)NC(=O)NC1CCC(C(=O)O)CC1. The van der Waals surface area contributed by atoms with Crippen molar-refractivity contribution < 1.29 is 27.9 Å². The Morgan fingerprint density at radius 2 is 1.81 bits per heavy atom. The van der Waals surface area contributed by atoms with Crippen LogP contribution in [0.15, 0.2) is 24.3 Å². The largest absolute Gasteiger partial charge is 0.481 e. The normalized spacial score (nSPS) is 21.7. The topological polar surface area (TPSA) is 78.4 Å². The van der Waals surface area contributed by atoms with Crippen LogP contribution in [0.4, 0.5) is 18.0 Å². The molecule has 0 radical (unpaired) electrons. The lowest BCUT2D eigenvalue weighted by Crippen LogP contribution is -2.47. The maximum absolute atomic E-state index is 13.0. The van der Waals surface area contributed by atoms with E-state index in [0.29, 0.717) is 25.7 Å². The zero-order valence-electron chi connectivity index (χ0n) is 14.5. The van der Waals surface area contributed by atoms with Crippen LogP contribution in [0.5, 0.6) is 0 Å². The van der Waals surface area contributed by atoms with Crippen molar-refractivity contribution in [1.82, 2.24) is 10.6 Å². The van der Waals surface area contributed by atoms with Crippen LogP contribution in [0.2, 0.25) is 0 Å². The van der Waals surface area contributed by atoms with Gasteiger partial charge in [0.05, 0.1) is 11.5 Å². The highest BCUT2D eigenvalue weighted by molar-refractivity contribution is 5.74. The summed E-state index contributed by atoms with van der Waals surface area (Å²) in [5.74, 6) is -1.18. The molecule has 3 N–H and O–H groups in total. The van der Waals surface area contributed by atoms with Crippen molar-refractivity contribution >= 4 is 12.0 Å². The number of amides is 2. The molecule has 1 aromatic rings. The molecule has 144 valence electrons. The van der Waals surface area contributed by atoms with Gasteiger partial charge in [0.1, 0.15) is 0 Å². The number of nitrogens with one attached hydrogen (secondary N) is 2. The molecule has 8 heteroatoms. The van der Waals surface area contributed by atoms with E-state index < -0.39 is 29.8 Å². The Morgan fingerprint density at radius 1 is 1.19 bits per heavy atom. The third-order valence-electron chi connectivity index (χ3n) is 4.64. The average Bonchev–Trinajstić information content (AvgIpc) is 2.54. The molecule has 1 atom stereocenters. The van der Waals surface area contributed by atoms with Gasteiger partial charge in [-0.05, 0) is 50.7 Å². The van der Waals surface area contributed by atoms with E-state index in [4.69, 9.17) is 5.11 Å². The predicted octanol–water partition coefficient (Wildman–Crippen LogP) is 3.58. The third kappa shape index (κ3) is 5.64. The Labute approximate surface area is 150 Å². The molecule has 0 aliphatic heterocycles. The van der Waals surface area contributed by atoms with Crippen LogP contribution in [-0.2, 0) is 17.4 Å². The maximum Gasteiger partial charge on any atom is 0.416 e. The van der Waals surface area contributed by atoms with Gasteiger partial charge < -0.3 is 15.7 Å². The van der Waals surface area contributed by atoms with E-state index in [2.05, 4.69) is 10.6 Å². The number of alkyl halides is 3. The number of carbonyl (C=O) groups excluding carboxylic acids is 1. The average molecular weight is 372 g/mol. The summed E-state index contributed by atoms with van der Waals surface area (Å²) in [5.41, 5.74) is -0.559. The lowest BCUT2D eigenvalue weighted by atomic mass is 9.86. The number of carbonyl (C=O) groups is 2. The molecule has 1 aliphatic rings. The second kappa shape index (κ2) is 8.42. The molecule has 5 nitrogen and oxygen atoms in total. The first-order chi connectivity index (χ1) is 12.2. The standard InChI is InChI=1S/C18H23F3N2O3/c1-11(10-13-4-2-3-5-15(13)18(19,20)21)22-17(26)23-14-8-6-12(7-9-14)16(24)25/h2-5,11-12,14H,6-10H2,1H3,(H,24,25)(H2,22,23,26). The molecule has 1 aromatic carbocycles. The Hall–Kier alpha value is -2.25. The third-order valence-corrected chi connectivity index (χ3v) is 4.64. The van der Waals surface area contributed by atoms with E-state index in [0.717, 1.165) is 6.07 Å². The summed E-state index contributed by atoms with van der Waals surface area (Å²) in [4.78, 5) is 23.0. The lowest BCUT2D eigenvalue weighted by Gasteiger charge is -2.27. The second-order valence-corrected chi connectivity index (χ2v) is 6.76. The summed E-state index contributed by atoms with van der Waals surface area (Å²) in [6.07, 6.45) is -2.19. The van der Waals surface area contributed by atoms with Crippen LogP contribution in [0.1, 0.15) is 43.7 Å². The molecule has 2 rings (SSSR count). The van der Waals surface area contributed by atoms with Gasteiger partial charge >= 0.3 is 18.2 Å². The number of hydrogen-bond acceptors (Lipinski definition) is 2. The quantitative estimate of drug-likeness (QED) is 0.739. The molecule has 1 aliphatic carbocycles. The number of carboxylic acids is 1. The van der Waals surface area contributed by atoms with Gasteiger partial charge in [0, 0.05) is 12.1 Å². The Balaban J connectivity index is 1.84. The number of carboxylic acid groups (broad SMARTS) is 1. The molecular formula is C18H23F3N2O3. The Kier molecular flexibility index (Phi) is 6.50. The Morgan fingerprint density at radius 3 is 2.38 bits per heavy atom. The van der Waals surface area contributed by atoms with E-state index in [9.17, 15) is 22.8 Å². The highest BCUT2D eigenvalue weighted by Crippen LogP contribution is 2.32. The number of benzene rings is 1. The number of hydrogen-bond donors (Lipinski definition) is 3. The van der Waals surface area contributed by atoms with E-state index >= 15 is 0 Å². The summed E-state index contributed by atoms with van der Waals surface area (Å²) in [5, 5.41) is 14.4. The van der Waals surface area contributed by atoms with Gasteiger partial charge in [-0.3, -0.25) is 4.79 Å². The summed E-state index contributed by atoms with van der Waals surface area (Å²) >= 11 is 0. The predicted molar refractivity (Wildman–Crippen MR) is 89.7 cm³/mol. The summed E-state index contributed by atoms with van der Waals surface area (Å²) < 4.78 is 39.1. The van der Waals surface area contributed by atoms with Crippen molar-refractivity contribution in [2.45, 2.75) is 57.3 Å².